The number of carbonyl (C=O) groups is 1. The molecule has 5 rings (SSSR count). The van der Waals surface area contributed by atoms with E-state index < -0.39 is 0 Å². The molecule has 0 atom stereocenters. The first kappa shape index (κ1) is 15.2. The van der Waals surface area contributed by atoms with Gasteiger partial charge in [0.2, 0.25) is 0 Å². The summed E-state index contributed by atoms with van der Waals surface area (Å²) >= 11 is 1.64. The van der Waals surface area contributed by atoms with Gasteiger partial charge in [-0.2, -0.15) is 0 Å². The first-order valence-corrected chi connectivity index (χ1v) is 9.34. The van der Waals surface area contributed by atoms with Crippen molar-refractivity contribution in [3.63, 3.8) is 0 Å². The van der Waals surface area contributed by atoms with E-state index in [4.69, 9.17) is 0 Å². The maximum Gasteiger partial charge on any atom is 0.274 e. The van der Waals surface area contributed by atoms with Gasteiger partial charge in [-0.1, -0.05) is 36.4 Å². The Bertz CT molecular complexity index is 1250. The number of hydrogen-bond acceptors (Lipinski definition) is 4. The van der Waals surface area contributed by atoms with E-state index >= 15 is 0 Å². The molecule has 0 fully saturated rings. The summed E-state index contributed by atoms with van der Waals surface area (Å²) in [6, 6.07) is 15.3. The van der Waals surface area contributed by atoms with Crippen molar-refractivity contribution in [2.45, 2.75) is 4.90 Å². The van der Waals surface area contributed by atoms with Crippen molar-refractivity contribution < 1.29 is 4.79 Å². The zero-order chi connectivity index (χ0) is 17.8. The smallest absolute Gasteiger partial charge is 0.274 e. The van der Waals surface area contributed by atoms with E-state index in [-0.39, 0.29) is 11.3 Å². The van der Waals surface area contributed by atoms with Gasteiger partial charge in [-0.15, -0.1) is 11.8 Å². The van der Waals surface area contributed by atoms with E-state index in [1.807, 2.05) is 48.7 Å². The van der Waals surface area contributed by atoms with Crippen LogP contribution in [0, 0.1) is 0 Å². The van der Waals surface area contributed by atoms with Gasteiger partial charge in [0.05, 0.1) is 16.6 Å². The Morgan fingerprint density at radius 1 is 0.885 bits per heavy atom. The second-order valence-corrected chi connectivity index (χ2v) is 7.00. The summed E-state index contributed by atoms with van der Waals surface area (Å²) in [7, 11) is 0. The van der Waals surface area contributed by atoms with Gasteiger partial charge in [-0.25, -0.2) is 4.98 Å². The Morgan fingerprint density at radius 3 is 2.35 bits per heavy atom. The summed E-state index contributed by atoms with van der Waals surface area (Å²) < 4.78 is 0. The largest absolute Gasteiger partial charge is 0.288 e. The number of benzene rings is 2. The first-order valence-electron chi connectivity index (χ1n) is 8.12. The van der Waals surface area contributed by atoms with E-state index in [0.29, 0.717) is 33.4 Å². The second-order valence-electron chi connectivity index (χ2n) is 6.12. The first-order chi connectivity index (χ1) is 12.7. The summed E-state index contributed by atoms with van der Waals surface area (Å²) in [4.78, 5) is 31.2. The van der Waals surface area contributed by atoms with Crippen LogP contribution >= 0.6 is 11.8 Å². The van der Waals surface area contributed by atoms with Gasteiger partial charge < -0.3 is 0 Å². The van der Waals surface area contributed by atoms with Gasteiger partial charge >= 0.3 is 0 Å². The molecule has 0 saturated heterocycles. The number of ketones is 1. The van der Waals surface area contributed by atoms with Gasteiger partial charge in [-0.05, 0) is 24.0 Å². The zero-order valence-electron chi connectivity index (χ0n) is 13.8. The summed E-state index contributed by atoms with van der Waals surface area (Å²) in [5.41, 5.74) is 4.21. The molecule has 0 unspecified atom stereocenters. The Hall–Kier alpha value is -3.12. The highest BCUT2D eigenvalue weighted by Crippen LogP contribution is 2.42. The number of nitrogens with zero attached hydrogens (tertiary/aromatic N) is 1. The lowest BCUT2D eigenvalue weighted by molar-refractivity contribution is 0.104. The number of fused-ring (bicyclic) bond motifs is 4. The number of aromatic nitrogens is 3. The third-order valence-corrected chi connectivity index (χ3v) is 5.49. The maximum atomic E-state index is 13.1. The molecule has 0 bridgehead atoms. The van der Waals surface area contributed by atoms with Gasteiger partial charge in [0.1, 0.15) is 0 Å². The molecule has 0 aliphatic heterocycles. The van der Waals surface area contributed by atoms with E-state index in [1.54, 1.807) is 17.8 Å². The lowest BCUT2D eigenvalue weighted by Gasteiger charge is -2.09. The van der Waals surface area contributed by atoms with E-state index in [1.165, 1.54) is 0 Å². The van der Waals surface area contributed by atoms with Crippen molar-refractivity contribution in [3.05, 3.63) is 70.0 Å². The van der Waals surface area contributed by atoms with Crippen LogP contribution < -0.4 is 5.56 Å². The molecule has 2 N–H and O–H groups in total. The van der Waals surface area contributed by atoms with Crippen molar-refractivity contribution in [3.8, 4) is 22.4 Å². The highest BCUT2D eigenvalue weighted by molar-refractivity contribution is 7.98. The predicted molar refractivity (Wildman–Crippen MR) is 103 cm³/mol. The van der Waals surface area contributed by atoms with Crippen LogP contribution in [-0.4, -0.2) is 27.2 Å². The Kier molecular flexibility index (Phi) is 3.17. The molecule has 5 nitrogen and oxygen atoms in total. The van der Waals surface area contributed by atoms with Crippen molar-refractivity contribution in [1.82, 2.24) is 15.2 Å². The monoisotopic (exact) mass is 359 g/mol. The number of aromatic amines is 2. The zero-order valence-corrected chi connectivity index (χ0v) is 14.6. The molecule has 2 aromatic carbocycles. The Morgan fingerprint density at radius 2 is 1.62 bits per heavy atom. The third-order valence-electron chi connectivity index (χ3n) is 4.75. The summed E-state index contributed by atoms with van der Waals surface area (Å²) in [6.07, 6.45) is 2.01. The molecule has 4 aromatic rings. The molecule has 6 heteroatoms. The van der Waals surface area contributed by atoms with Crippen LogP contribution in [0.4, 0.5) is 0 Å². The molecule has 1 aliphatic carbocycles. The second kappa shape index (κ2) is 5.44. The fourth-order valence-electron chi connectivity index (χ4n) is 3.56. The predicted octanol–water partition coefficient (Wildman–Crippen LogP) is 3.85. The number of thioether (sulfide) groups is 1. The average Bonchev–Trinajstić information content (AvgIpc) is 3.19. The maximum absolute atomic E-state index is 13.1. The van der Waals surface area contributed by atoms with Crippen molar-refractivity contribution in [2.24, 2.45) is 0 Å². The van der Waals surface area contributed by atoms with Crippen LogP contribution in [0.15, 0.2) is 58.2 Å². The topological polar surface area (TPSA) is 78.6 Å². The van der Waals surface area contributed by atoms with Crippen LogP contribution in [0.3, 0.4) is 0 Å². The highest BCUT2D eigenvalue weighted by atomic mass is 32.2. The molecule has 0 radical (unpaired) electrons. The standard InChI is InChI=1S/C20H13N3O2S/c1-26-11-8-6-10(7-9-11)14-15-17(21-19-16(14)20(25)23-22-19)12-4-2-3-5-13(12)18(15)24/h2-9H,1H3,(H2,21,22,23,25). The summed E-state index contributed by atoms with van der Waals surface area (Å²) in [6.45, 7) is 0. The Balaban J connectivity index is 1.92. The van der Waals surface area contributed by atoms with Crippen molar-refractivity contribution >= 4 is 28.6 Å². The fourth-order valence-corrected chi connectivity index (χ4v) is 3.97. The van der Waals surface area contributed by atoms with Crippen LogP contribution in [0.1, 0.15) is 15.9 Å². The highest BCUT2D eigenvalue weighted by Gasteiger charge is 2.33. The van der Waals surface area contributed by atoms with Gasteiger partial charge in [0.15, 0.2) is 11.4 Å². The summed E-state index contributed by atoms with van der Waals surface area (Å²) in [5.74, 6) is -0.0884. The molecule has 0 saturated carbocycles. The van der Waals surface area contributed by atoms with E-state index in [2.05, 4.69) is 15.2 Å². The van der Waals surface area contributed by atoms with Crippen LogP contribution in [0.25, 0.3) is 33.4 Å². The molecule has 2 aromatic heterocycles. The lowest BCUT2D eigenvalue weighted by Crippen LogP contribution is -2.05. The molecule has 2 heterocycles. The van der Waals surface area contributed by atoms with Crippen LogP contribution in [0.5, 0.6) is 0 Å². The minimum atomic E-state index is -0.275. The van der Waals surface area contributed by atoms with Gasteiger partial charge in [-0.3, -0.25) is 19.8 Å². The SMILES string of the molecule is CSc1ccc(-c2c3c(nc4[nH][nH]c(=O)c24)-c2ccccc2C3=O)cc1. The van der Waals surface area contributed by atoms with Gasteiger partial charge in [0, 0.05) is 21.6 Å². The van der Waals surface area contributed by atoms with Crippen LogP contribution in [0.2, 0.25) is 0 Å². The van der Waals surface area contributed by atoms with Crippen LogP contribution in [-0.2, 0) is 0 Å². The van der Waals surface area contributed by atoms with Crippen molar-refractivity contribution in [1.29, 1.82) is 0 Å². The normalized spacial score (nSPS) is 12.4. The Labute approximate surface area is 152 Å². The number of hydrogen-bond donors (Lipinski definition) is 2. The van der Waals surface area contributed by atoms with Crippen molar-refractivity contribution in [2.75, 3.05) is 6.26 Å². The minimum Gasteiger partial charge on any atom is -0.288 e. The number of pyridine rings is 1. The van der Waals surface area contributed by atoms with E-state index in [0.717, 1.165) is 16.0 Å². The van der Waals surface area contributed by atoms with E-state index in [9.17, 15) is 9.59 Å². The number of nitrogens with one attached hydrogen (secondary N) is 2. The quantitative estimate of drug-likeness (QED) is 0.469. The molecule has 26 heavy (non-hydrogen) atoms. The number of rotatable bonds is 2. The minimum absolute atomic E-state index is 0.0884. The number of H-pyrrole nitrogens is 2. The van der Waals surface area contributed by atoms with Gasteiger partial charge in [0.25, 0.3) is 5.56 Å². The number of carbonyl (C=O) groups excluding carboxylic acids is 1. The lowest BCUT2D eigenvalue weighted by atomic mass is 9.95. The fraction of sp³-hybridized carbons (Fsp3) is 0.0500. The average molecular weight is 359 g/mol. The molecule has 0 spiro atoms. The molecular weight excluding hydrogens is 346 g/mol. The third kappa shape index (κ3) is 1.96. The molecule has 1 aliphatic rings. The molecular formula is C20H13N3O2S. The molecule has 126 valence electrons. The molecule has 0 amide bonds. The summed E-state index contributed by atoms with van der Waals surface area (Å²) in [5, 5.41) is 5.84.